The number of halogens is 2. The number of nitrogens with two attached hydrogens (primary N) is 1. The zero-order valence-electron chi connectivity index (χ0n) is 15.9. The second-order valence-corrected chi connectivity index (χ2v) is 7.49. The molecule has 1 unspecified atom stereocenters. The van der Waals surface area contributed by atoms with Gasteiger partial charge in [0.1, 0.15) is 11.6 Å². The molecule has 2 aromatic rings. The zero-order chi connectivity index (χ0) is 18.0. The molecule has 0 amide bonds. The van der Waals surface area contributed by atoms with Crippen molar-refractivity contribution in [3.63, 3.8) is 0 Å². The molecule has 2 N–H and O–H groups in total. The van der Waals surface area contributed by atoms with Gasteiger partial charge in [-0.2, -0.15) is 0 Å². The van der Waals surface area contributed by atoms with E-state index >= 15 is 0 Å². The highest BCUT2D eigenvalue weighted by Gasteiger charge is 2.44. The summed E-state index contributed by atoms with van der Waals surface area (Å²) < 4.78 is 5.84. The van der Waals surface area contributed by atoms with Crippen LogP contribution in [-0.4, -0.2) is 30.1 Å². The molecule has 4 rings (SSSR count). The Balaban J connectivity index is 0.00000140. The average molecular weight is 423 g/mol. The highest BCUT2D eigenvalue weighted by molar-refractivity contribution is 5.85. The lowest BCUT2D eigenvalue weighted by Crippen LogP contribution is -2.47. The maximum Gasteiger partial charge on any atom is 0.331 e. The first-order valence-corrected chi connectivity index (χ1v) is 9.50. The molecule has 1 aliphatic carbocycles. The Morgan fingerprint density at radius 2 is 1.68 bits per heavy atom. The molecular formula is C22H28Cl2N2O2. The van der Waals surface area contributed by atoms with Crippen LogP contribution in [0, 0.1) is 0 Å². The first-order chi connectivity index (χ1) is 12.6. The summed E-state index contributed by atoms with van der Waals surface area (Å²) in [4.78, 5) is 15.2. The van der Waals surface area contributed by atoms with Gasteiger partial charge in [-0.25, -0.2) is 4.79 Å². The van der Waals surface area contributed by atoms with E-state index in [1.54, 1.807) is 0 Å². The fraction of sp³-hybridized carbons (Fsp3) is 0.409. The smallest absolute Gasteiger partial charge is 0.331 e. The SMILES string of the molecule is Cl.Cl.NC1(C(=O)OC2CCN(Cc3ccccc3)CC2)CCc2ccccc21. The zero-order valence-corrected chi connectivity index (χ0v) is 17.5. The normalized spacial score (nSPS) is 21.9. The molecule has 2 aromatic carbocycles. The van der Waals surface area contributed by atoms with Crippen LogP contribution in [0.2, 0.25) is 0 Å². The van der Waals surface area contributed by atoms with Gasteiger partial charge in [-0.3, -0.25) is 4.90 Å². The van der Waals surface area contributed by atoms with Gasteiger partial charge >= 0.3 is 5.97 Å². The van der Waals surface area contributed by atoms with E-state index in [4.69, 9.17) is 10.5 Å². The Kier molecular flexibility index (Phi) is 7.90. The molecule has 6 heteroatoms. The van der Waals surface area contributed by atoms with E-state index in [0.29, 0.717) is 6.42 Å². The molecule has 0 aromatic heterocycles. The number of rotatable bonds is 4. The number of fused-ring (bicyclic) bond motifs is 1. The van der Waals surface area contributed by atoms with Gasteiger partial charge in [-0.05, 0) is 42.4 Å². The van der Waals surface area contributed by atoms with Gasteiger partial charge in [0.2, 0.25) is 0 Å². The van der Waals surface area contributed by atoms with Crippen LogP contribution in [0.4, 0.5) is 0 Å². The fourth-order valence-corrected chi connectivity index (χ4v) is 4.14. The number of nitrogens with zero attached hydrogens (tertiary/aromatic N) is 1. The number of ether oxygens (including phenoxy) is 1. The summed E-state index contributed by atoms with van der Waals surface area (Å²) in [5, 5.41) is 0. The monoisotopic (exact) mass is 422 g/mol. The van der Waals surface area contributed by atoms with E-state index in [1.165, 1.54) is 11.1 Å². The molecule has 0 saturated carbocycles. The van der Waals surface area contributed by atoms with E-state index < -0.39 is 5.54 Å². The Morgan fingerprint density at radius 3 is 2.39 bits per heavy atom. The molecule has 0 spiro atoms. The summed E-state index contributed by atoms with van der Waals surface area (Å²) in [6.07, 6.45) is 3.20. The van der Waals surface area contributed by atoms with E-state index in [2.05, 4.69) is 35.2 Å². The average Bonchev–Trinajstić information content (AvgIpc) is 3.03. The van der Waals surface area contributed by atoms with Crippen LogP contribution in [-0.2, 0) is 28.0 Å². The lowest BCUT2D eigenvalue weighted by atomic mass is 9.93. The summed E-state index contributed by atoms with van der Waals surface area (Å²) in [5.74, 6) is -0.260. The van der Waals surface area contributed by atoms with Crippen molar-refractivity contribution < 1.29 is 9.53 Å². The first-order valence-electron chi connectivity index (χ1n) is 9.50. The standard InChI is InChI=1S/C22H26N2O2.2ClH/c23-22(13-10-18-8-4-5-9-20(18)22)21(25)26-19-11-14-24(15-12-19)16-17-6-2-1-3-7-17;;/h1-9,19H,10-16,23H2;2*1H. The number of benzene rings is 2. The molecule has 2 aliphatic rings. The minimum atomic E-state index is -0.974. The number of likely N-dealkylation sites (tertiary alicyclic amines) is 1. The fourth-order valence-electron chi connectivity index (χ4n) is 4.14. The van der Waals surface area contributed by atoms with Gasteiger partial charge in [-0.1, -0.05) is 54.6 Å². The first kappa shape index (κ1) is 22.7. The van der Waals surface area contributed by atoms with Crippen molar-refractivity contribution in [1.82, 2.24) is 4.90 Å². The maximum absolute atomic E-state index is 12.8. The van der Waals surface area contributed by atoms with Gasteiger partial charge in [0.05, 0.1) is 0 Å². The number of hydrogen-bond donors (Lipinski definition) is 1. The van der Waals surface area contributed by atoms with Gasteiger partial charge < -0.3 is 10.5 Å². The minimum Gasteiger partial charge on any atom is -0.461 e. The molecule has 0 bridgehead atoms. The number of esters is 1. The lowest BCUT2D eigenvalue weighted by Gasteiger charge is -2.33. The highest BCUT2D eigenvalue weighted by atomic mass is 35.5. The van der Waals surface area contributed by atoms with Gasteiger partial charge in [-0.15, -0.1) is 24.8 Å². The Labute approximate surface area is 179 Å². The third-order valence-electron chi connectivity index (χ3n) is 5.71. The third-order valence-corrected chi connectivity index (χ3v) is 5.71. The second kappa shape index (κ2) is 9.75. The Bertz CT molecular complexity index is 779. The van der Waals surface area contributed by atoms with Crippen LogP contribution in [0.3, 0.4) is 0 Å². The molecule has 0 radical (unpaired) electrons. The van der Waals surface area contributed by atoms with Crippen LogP contribution in [0.5, 0.6) is 0 Å². The summed E-state index contributed by atoms with van der Waals surface area (Å²) in [7, 11) is 0. The number of aryl methyl sites for hydroxylation is 1. The van der Waals surface area contributed by atoms with E-state index in [-0.39, 0.29) is 36.9 Å². The topological polar surface area (TPSA) is 55.6 Å². The number of carbonyl (C=O) groups is 1. The highest BCUT2D eigenvalue weighted by Crippen LogP contribution is 2.36. The minimum absolute atomic E-state index is 0. The summed E-state index contributed by atoms with van der Waals surface area (Å²) >= 11 is 0. The predicted octanol–water partition coefficient (Wildman–Crippen LogP) is 3.84. The lowest BCUT2D eigenvalue weighted by molar-refractivity contribution is -0.158. The van der Waals surface area contributed by atoms with Crippen LogP contribution >= 0.6 is 24.8 Å². The van der Waals surface area contributed by atoms with E-state index in [1.807, 2.05) is 24.3 Å². The number of hydrogen-bond acceptors (Lipinski definition) is 4. The molecule has 28 heavy (non-hydrogen) atoms. The number of piperidine rings is 1. The van der Waals surface area contributed by atoms with Crippen LogP contribution in [0.15, 0.2) is 54.6 Å². The molecule has 1 atom stereocenters. The summed E-state index contributed by atoms with van der Waals surface area (Å²) in [5.41, 5.74) is 8.93. The van der Waals surface area contributed by atoms with Crippen LogP contribution in [0.1, 0.15) is 36.0 Å². The third kappa shape index (κ3) is 4.69. The van der Waals surface area contributed by atoms with Crippen molar-refractivity contribution in [3.05, 3.63) is 71.3 Å². The molecule has 1 heterocycles. The molecular weight excluding hydrogens is 395 g/mol. The molecule has 1 fully saturated rings. The molecule has 1 aliphatic heterocycles. The van der Waals surface area contributed by atoms with Crippen molar-refractivity contribution in [1.29, 1.82) is 0 Å². The maximum atomic E-state index is 12.8. The predicted molar refractivity (Wildman–Crippen MR) is 116 cm³/mol. The Morgan fingerprint density at radius 1 is 1.04 bits per heavy atom. The van der Waals surface area contributed by atoms with Crippen molar-refractivity contribution in [3.8, 4) is 0 Å². The van der Waals surface area contributed by atoms with Crippen molar-refractivity contribution in [2.24, 2.45) is 5.73 Å². The van der Waals surface area contributed by atoms with E-state index in [9.17, 15) is 4.79 Å². The summed E-state index contributed by atoms with van der Waals surface area (Å²) in [6, 6.07) is 18.5. The van der Waals surface area contributed by atoms with Crippen LogP contribution < -0.4 is 5.73 Å². The van der Waals surface area contributed by atoms with Gasteiger partial charge in [0.25, 0.3) is 0 Å². The van der Waals surface area contributed by atoms with Gasteiger partial charge in [0.15, 0.2) is 0 Å². The van der Waals surface area contributed by atoms with E-state index in [0.717, 1.165) is 44.5 Å². The second-order valence-electron chi connectivity index (χ2n) is 7.49. The molecule has 4 nitrogen and oxygen atoms in total. The largest absolute Gasteiger partial charge is 0.461 e. The molecule has 152 valence electrons. The van der Waals surface area contributed by atoms with Crippen molar-refractivity contribution in [2.75, 3.05) is 13.1 Å². The van der Waals surface area contributed by atoms with Crippen molar-refractivity contribution >= 4 is 30.8 Å². The van der Waals surface area contributed by atoms with Crippen LogP contribution in [0.25, 0.3) is 0 Å². The van der Waals surface area contributed by atoms with Gasteiger partial charge in [0, 0.05) is 19.6 Å². The molecule has 1 saturated heterocycles. The van der Waals surface area contributed by atoms with Crippen molar-refractivity contribution in [2.45, 2.75) is 43.9 Å². The quantitative estimate of drug-likeness (QED) is 0.760. The number of carbonyl (C=O) groups excluding carboxylic acids is 1. The summed E-state index contributed by atoms with van der Waals surface area (Å²) in [6.45, 7) is 2.84. The Hall–Kier alpha value is -1.59.